The van der Waals surface area contributed by atoms with Gasteiger partial charge in [0.2, 0.25) is 0 Å². The third-order valence-electron chi connectivity index (χ3n) is 3.39. The summed E-state index contributed by atoms with van der Waals surface area (Å²) in [7, 11) is 2.06. The van der Waals surface area contributed by atoms with Crippen LogP contribution < -0.4 is 5.32 Å². The highest BCUT2D eigenvalue weighted by molar-refractivity contribution is 5.48. The molecular formula is C15H22N2. The van der Waals surface area contributed by atoms with E-state index < -0.39 is 0 Å². The van der Waals surface area contributed by atoms with Gasteiger partial charge in [-0.1, -0.05) is 42.5 Å². The van der Waals surface area contributed by atoms with Crippen LogP contribution in [0.5, 0.6) is 0 Å². The topological polar surface area (TPSA) is 15.3 Å². The van der Waals surface area contributed by atoms with Crippen LogP contribution in [0.3, 0.4) is 0 Å². The summed E-state index contributed by atoms with van der Waals surface area (Å²) in [5.74, 6) is 0. The number of likely N-dealkylation sites (N-methyl/N-ethyl adjacent to an activating group) is 1. The summed E-state index contributed by atoms with van der Waals surface area (Å²) < 4.78 is 0. The Morgan fingerprint density at radius 3 is 2.94 bits per heavy atom. The number of hydrogen-bond acceptors (Lipinski definition) is 2. The van der Waals surface area contributed by atoms with Gasteiger partial charge in [-0.3, -0.25) is 4.90 Å². The van der Waals surface area contributed by atoms with Crippen LogP contribution in [0.2, 0.25) is 0 Å². The molecular weight excluding hydrogens is 208 g/mol. The minimum absolute atomic E-state index is 0.675. The first-order valence-corrected chi connectivity index (χ1v) is 6.49. The van der Waals surface area contributed by atoms with Gasteiger partial charge in [-0.15, -0.1) is 0 Å². The van der Waals surface area contributed by atoms with Crippen LogP contribution in [0.25, 0.3) is 6.08 Å². The Morgan fingerprint density at radius 2 is 2.18 bits per heavy atom. The maximum atomic E-state index is 3.38. The van der Waals surface area contributed by atoms with Crippen molar-refractivity contribution in [1.29, 1.82) is 0 Å². The van der Waals surface area contributed by atoms with E-state index in [1.807, 2.05) is 0 Å². The second kappa shape index (κ2) is 6.58. The van der Waals surface area contributed by atoms with E-state index in [-0.39, 0.29) is 0 Å². The molecule has 0 spiro atoms. The van der Waals surface area contributed by atoms with Gasteiger partial charge in [-0.25, -0.2) is 0 Å². The number of rotatable bonds is 4. The summed E-state index contributed by atoms with van der Waals surface area (Å²) in [6.07, 6.45) is 7.11. The maximum absolute atomic E-state index is 3.38. The Balaban J connectivity index is 1.80. The van der Waals surface area contributed by atoms with E-state index in [0.717, 1.165) is 6.54 Å². The lowest BCUT2D eigenvalue weighted by Gasteiger charge is -2.31. The van der Waals surface area contributed by atoms with Crippen LogP contribution in [0.4, 0.5) is 0 Å². The van der Waals surface area contributed by atoms with Crippen molar-refractivity contribution in [3.8, 4) is 0 Å². The van der Waals surface area contributed by atoms with Crippen LogP contribution in [0.15, 0.2) is 36.4 Å². The van der Waals surface area contributed by atoms with Crippen LogP contribution >= 0.6 is 0 Å². The lowest BCUT2D eigenvalue weighted by atomic mass is 10.1. The predicted molar refractivity (Wildman–Crippen MR) is 74.0 cm³/mol. The standard InChI is InChI=1S/C15H22N2/c1-16-15-10-6-12-17(13-15)11-5-9-14-7-3-2-4-8-14/h2-5,7-9,15-16H,6,10-13H2,1H3/b9-5+. The van der Waals surface area contributed by atoms with Crippen LogP contribution in [-0.2, 0) is 0 Å². The minimum Gasteiger partial charge on any atom is -0.316 e. The molecule has 1 fully saturated rings. The van der Waals surface area contributed by atoms with Gasteiger partial charge in [0.15, 0.2) is 0 Å². The zero-order valence-corrected chi connectivity index (χ0v) is 10.6. The first kappa shape index (κ1) is 12.3. The van der Waals surface area contributed by atoms with Gasteiger partial charge in [0.05, 0.1) is 0 Å². The SMILES string of the molecule is CNC1CCCN(C/C=C/c2ccccc2)C1. The van der Waals surface area contributed by atoms with Gasteiger partial charge in [0.1, 0.15) is 0 Å². The number of nitrogens with one attached hydrogen (secondary N) is 1. The van der Waals surface area contributed by atoms with E-state index in [1.54, 1.807) is 0 Å². The molecule has 2 nitrogen and oxygen atoms in total. The molecule has 0 aliphatic carbocycles. The molecule has 0 saturated carbocycles. The van der Waals surface area contributed by atoms with Gasteiger partial charge in [0.25, 0.3) is 0 Å². The maximum Gasteiger partial charge on any atom is 0.0192 e. The van der Waals surface area contributed by atoms with Gasteiger partial charge < -0.3 is 5.32 Å². The third kappa shape index (κ3) is 3.99. The molecule has 17 heavy (non-hydrogen) atoms. The molecule has 1 saturated heterocycles. The summed E-state index contributed by atoms with van der Waals surface area (Å²) >= 11 is 0. The molecule has 2 rings (SSSR count). The van der Waals surface area contributed by atoms with Crippen molar-refractivity contribution in [3.63, 3.8) is 0 Å². The number of hydrogen-bond donors (Lipinski definition) is 1. The van der Waals surface area contributed by atoms with Crippen molar-refractivity contribution in [1.82, 2.24) is 10.2 Å². The highest BCUT2D eigenvalue weighted by Gasteiger charge is 2.16. The molecule has 0 radical (unpaired) electrons. The van der Waals surface area contributed by atoms with E-state index in [4.69, 9.17) is 0 Å². The number of piperidine rings is 1. The fourth-order valence-electron chi connectivity index (χ4n) is 2.36. The summed E-state index contributed by atoms with van der Waals surface area (Å²) in [6, 6.07) is 11.2. The molecule has 92 valence electrons. The summed E-state index contributed by atoms with van der Waals surface area (Å²) in [4.78, 5) is 2.52. The fraction of sp³-hybridized carbons (Fsp3) is 0.467. The van der Waals surface area contributed by atoms with Gasteiger partial charge >= 0.3 is 0 Å². The van der Waals surface area contributed by atoms with Gasteiger partial charge in [-0.05, 0) is 32.0 Å². The summed E-state index contributed by atoms with van der Waals surface area (Å²) in [5, 5.41) is 3.38. The Morgan fingerprint density at radius 1 is 1.35 bits per heavy atom. The molecule has 1 aromatic carbocycles. The molecule has 2 heteroatoms. The molecule has 0 amide bonds. The minimum atomic E-state index is 0.675. The van der Waals surface area contributed by atoms with Crippen molar-refractivity contribution >= 4 is 6.08 Å². The smallest absolute Gasteiger partial charge is 0.0192 e. The van der Waals surface area contributed by atoms with Crippen molar-refractivity contribution in [3.05, 3.63) is 42.0 Å². The highest BCUT2D eigenvalue weighted by Crippen LogP contribution is 2.10. The Labute approximate surface area is 104 Å². The molecule has 1 atom stereocenters. The van der Waals surface area contributed by atoms with Crippen LogP contribution in [0.1, 0.15) is 18.4 Å². The molecule has 0 aromatic heterocycles. The van der Waals surface area contributed by atoms with Crippen molar-refractivity contribution in [2.24, 2.45) is 0 Å². The first-order valence-electron chi connectivity index (χ1n) is 6.49. The van der Waals surface area contributed by atoms with Gasteiger partial charge in [-0.2, -0.15) is 0 Å². The lowest BCUT2D eigenvalue weighted by molar-refractivity contribution is 0.213. The van der Waals surface area contributed by atoms with Gasteiger partial charge in [0, 0.05) is 19.1 Å². The molecule has 1 aliphatic heterocycles. The first-order chi connectivity index (χ1) is 8.38. The Kier molecular flexibility index (Phi) is 4.77. The summed E-state index contributed by atoms with van der Waals surface area (Å²) in [5.41, 5.74) is 1.29. The van der Waals surface area contributed by atoms with E-state index in [2.05, 4.69) is 59.7 Å². The number of likely N-dealkylation sites (tertiary alicyclic amines) is 1. The molecule has 1 heterocycles. The van der Waals surface area contributed by atoms with E-state index in [9.17, 15) is 0 Å². The lowest BCUT2D eigenvalue weighted by Crippen LogP contribution is -2.44. The average Bonchev–Trinajstić information content (AvgIpc) is 2.40. The quantitative estimate of drug-likeness (QED) is 0.854. The monoisotopic (exact) mass is 230 g/mol. The second-order valence-electron chi connectivity index (χ2n) is 4.70. The number of nitrogens with zero attached hydrogens (tertiary/aromatic N) is 1. The van der Waals surface area contributed by atoms with E-state index >= 15 is 0 Å². The van der Waals surface area contributed by atoms with Crippen molar-refractivity contribution < 1.29 is 0 Å². The predicted octanol–water partition coefficient (Wildman–Crippen LogP) is 2.38. The largest absolute Gasteiger partial charge is 0.316 e. The van der Waals surface area contributed by atoms with Crippen LogP contribution in [0, 0.1) is 0 Å². The normalized spacial score (nSPS) is 22.1. The van der Waals surface area contributed by atoms with E-state index in [1.165, 1.54) is 31.5 Å². The number of benzene rings is 1. The second-order valence-corrected chi connectivity index (χ2v) is 4.70. The molecule has 0 bridgehead atoms. The summed E-state index contributed by atoms with van der Waals surface area (Å²) in [6.45, 7) is 3.47. The average molecular weight is 230 g/mol. The highest BCUT2D eigenvalue weighted by atomic mass is 15.2. The third-order valence-corrected chi connectivity index (χ3v) is 3.39. The zero-order chi connectivity index (χ0) is 11.9. The molecule has 1 unspecified atom stereocenters. The fourth-order valence-corrected chi connectivity index (χ4v) is 2.36. The molecule has 1 N–H and O–H groups in total. The Bertz CT molecular complexity index is 345. The molecule has 1 aliphatic rings. The molecule has 1 aromatic rings. The van der Waals surface area contributed by atoms with E-state index in [0.29, 0.717) is 6.04 Å². The van der Waals surface area contributed by atoms with Crippen molar-refractivity contribution in [2.45, 2.75) is 18.9 Å². The zero-order valence-electron chi connectivity index (χ0n) is 10.6. The van der Waals surface area contributed by atoms with Crippen molar-refractivity contribution in [2.75, 3.05) is 26.7 Å². The van der Waals surface area contributed by atoms with Crippen LogP contribution in [-0.4, -0.2) is 37.6 Å². The Hall–Kier alpha value is -1.12.